The Balaban J connectivity index is 1.25. The van der Waals surface area contributed by atoms with Crippen LogP contribution in [0.15, 0.2) is 72.8 Å². The van der Waals surface area contributed by atoms with Crippen molar-refractivity contribution < 1.29 is 19.1 Å². The highest BCUT2D eigenvalue weighted by Crippen LogP contribution is 2.44. The summed E-state index contributed by atoms with van der Waals surface area (Å²) in [4.78, 5) is 42.2. The highest BCUT2D eigenvalue weighted by atomic mass is 16.5. The van der Waals surface area contributed by atoms with E-state index in [0.29, 0.717) is 31.6 Å². The monoisotopic (exact) mass is 522 g/mol. The number of aryl methyl sites for hydroxylation is 1. The molecule has 2 amide bonds. The number of hydrogen-bond donors (Lipinski definition) is 1. The molecule has 8 nitrogen and oxygen atoms in total. The molecule has 8 heteroatoms. The number of nitrogens with zero attached hydrogens (tertiary/aromatic N) is 3. The lowest BCUT2D eigenvalue weighted by molar-refractivity contribution is -0.121. The van der Waals surface area contributed by atoms with Crippen LogP contribution in [0.4, 0.5) is 5.69 Å². The van der Waals surface area contributed by atoms with Crippen LogP contribution in [0.3, 0.4) is 0 Å². The Morgan fingerprint density at radius 2 is 1.74 bits per heavy atom. The zero-order chi connectivity index (χ0) is 27.1. The summed E-state index contributed by atoms with van der Waals surface area (Å²) >= 11 is 0. The van der Waals surface area contributed by atoms with E-state index in [1.807, 2.05) is 60.5 Å². The van der Waals surface area contributed by atoms with Gasteiger partial charge in [0.15, 0.2) is 0 Å². The van der Waals surface area contributed by atoms with E-state index in [9.17, 15) is 14.4 Å². The highest BCUT2D eigenvalue weighted by Gasteiger charge is 2.42. The number of benzene rings is 3. The van der Waals surface area contributed by atoms with Crippen molar-refractivity contribution in [1.82, 2.24) is 14.8 Å². The standard InChI is InChI=1S/C31H30N4O4/c1-33-25-9-5-4-8-24(25)30(37)35-17-15-23-22-7-3-6-10-26(22)34(28(23)29(33)35)18-16-27(36)32-19-20-11-13-21(14-12-20)31(38)39-2/h3-14,29H,15-19H2,1-2H3,(H,32,36). The zero-order valence-corrected chi connectivity index (χ0v) is 22.0. The van der Waals surface area contributed by atoms with Gasteiger partial charge in [0, 0.05) is 44.0 Å². The first-order valence-corrected chi connectivity index (χ1v) is 13.1. The Bertz CT molecular complexity index is 1590. The van der Waals surface area contributed by atoms with Crippen LogP contribution in [0.5, 0.6) is 0 Å². The number of hydrogen-bond acceptors (Lipinski definition) is 5. The van der Waals surface area contributed by atoms with Gasteiger partial charge in [0.2, 0.25) is 5.91 Å². The van der Waals surface area contributed by atoms with Crippen molar-refractivity contribution in [2.75, 3.05) is 25.6 Å². The van der Waals surface area contributed by atoms with Crippen LogP contribution in [0, 0.1) is 0 Å². The molecule has 1 atom stereocenters. The second-order valence-corrected chi connectivity index (χ2v) is 10.00. The molecule has 2 aliphatic heterocycles. The van der Waals surface area contributed by atoms with Crippen molar-refractivity contribution >= 4 is 34.4 Å². The van der Waals surface area contributed by atoms with Crippen LogP contribution in [-0.4, -0.2) is 48.0 Å². The molecule has 0 saturated heterocycles. The number of aromatic nitrogens is 1. The number of ether oxygens (including phenoxy) is 1. The molecular weight excluding hydrogens is 492 g/mol. The molecular formula is C31H30N4O4. The van der Waals surface area contributed by atoms with Gasteiger partial charge in [-0.25, -0.2) is 4.79 Å². The Labute approximate surface area is 226 Å². The largest absolute Gasteiger partial charge is 0.465 e. The molecule has 0 fully saturated rings. The molecule has 198 valence electrons. The normalized spacial score (nSPS) is 15.9. The first kappa shape index (κ1) is 24.7. The van der Waals surface area contributed by atoms with Crippen LogP contribution in [-0.2, 0) is 29.0 Å². The van der Waals surface area contributed by atoms with Crippen LogP contribution < -0.4 is 10.2 Å². The number of carbonyl (C=O) groups is 3. The molecule has 0 saturated carbocycles. The summed E-state index contributed by atoms with van der Waals surface area (Å²) in [5.74, 6) is -0.406. The fourth-order valence-electron chi connectivity index (χ4n) is 5.93. The van der Waals surface area contributed by atoms with E-state index in [4.69, 9.17) is 4.74 Å². The topological polar surface area (TPSA) is 83.9 Å². The molecule has 1 N–H and O–H groups in total. The lowest BCUT2D eigenvalue weighted by atomic mass is 9.96. The number of rotatable bonds is 6. The predicted molar refractivity (Wildman–Crippen MR) is 149 cm³/mol. The van der Waals surface area contributed by atoms with E-state index >= 15 is 0 Å². The SMILES string of the molecule is COC(=O)c1ccc(CNC(=O)CCn2c3c(c4ccccc42)CCN2C(=O)c4ccccc4N(C)C32)cc1. The molecule has 1 unspecified atom stereocenters. The maximum absolute atomic E-state index is 13.5. The number of carbonyl (C=O) groups excluding carboxylic acids is 3. The van der Waals surface area contributed by atoms with Crippen molar-refractivity contribution in [3.63, 3.8) is 0 Å². The molecule has 3 heterocycles. The van der Waals surface area contributed by atoms with Crippen molar-refractivity contribution in [1.29, 1.82) is 0 Å². The number of para-hydroxylation sites is 2. The Kier molecular flexibility index (Phi) is 6.30. The third-order valence-electron chi connectivity index (χ3n) is 7.83. The average Bonchev–Trinajstić information content (AvgIpc) is 3.30. The van der Waals surface area contributed by atoms with E-state index in [1.54, 1.807) is 12.1 Å². The molecule has 0 spiro atoms. The molecule has 0 bridgehead atoms. The van der Waals surface area contributed by atoms with Crippen LogP contribution in [0.2, 0.25) is 0 Å². The third-order valence-corrected chi connectivity index (χ3v) is 7.83. The first-order valence-electron chi connectivity index (χ1n) is 13.1. The quantitative estimate of drug-likeness (QED) is 0.382. The van der Waals surface area contributed by atoms with Crippen molar-refractivity contribution in [2.45, 2.75) is 32.1 Å². The van der Waals surface area contributed by atoms with Gasteiger partial charge in [-0.15, -0.1) is 0 Å². The predicted octanol–water partition coefficient (Wildman–Crippen LogP) is 4.28. The van der Waals surface area contributed by atoms with Crippen molar-refractivity contribution in [3.8, 4) is 0 Å². The molecule has 0 aliphatic carbocycles. The zero-order valence-electron chi connectivity index (χ0n) is 22.0. The minimum absolute atomic E-state index is 0.0483. The van der Waals surface area contributed by atoms with Gasteiger partial charge < -0.3 is 24.4 Å². The number of fused-ring (bicyclic) bond motifs is 6. The van der Waals surface area contributed by atoms with Gasteiger partial charge in [-0.1, -0.05) is 42.5 Å². The Morgan fingerprint density at radius 1 is 1.00 bits per heavy atom. The van der Waals surface area contributed by atoms with E-state index in [1.165, 1.54) is 18.1 Å². The molecule has 1 aromatic heterocycles. The van der Waals surface area contributed by atoms with Gasteiger partial charge in [0.05, 0.1) is 29.6 Å². The summed E-state index contributed by atoms with van der Waals surface area (Å²) < 4.78 is 6.97. The summed E-state index contributed by atoms with van der Waals surface area (Å²) in [5, 5.41) is 4.17. The van der Waals surface area contributed by atoms with Gasteiger partial charge >= 0.3 is 5.97 Å². The molecule has 0 radical (unpaired) electrons. The lowest BCUT2D eigenvalue weighted by Crippen LogP contribution is -2.51. The van der Waals surface area contributed by atoms with Gasteiger partial charge in [0.25, 0.3) is 5.91 Å². The number of nitrogens with one attached hydrogen (secondary N) is 1. The summed E-state index contributed by atoms with van der Waals surface area (Å²) in [6.07, 6.45) is 0.834. The number of esters is 1. The number of amides is 2. The van der Waals surface area contributed by atoms with Gasteiger partial charge in [-0.3, -0.25) is 9.59 Å². The van der Waals surface area contributed by atoms with Crippen LogP contribution in [0.25, 0.3) is 10.9 Å². The second-order valence-electron chi connectivity index (χ2n) is 10.00. The van der Waals surface area contributed by atoms with Crippen molar-refractivity contribution in [3.05, 3.63) is 101 Å². The Hall–Kier alpha value is -4.59. The highest BCUT2D eigenvalue weighted by molar-refractivity contribution is 6.02. The molecule has 39 heavy (non-hydrogen) atoms. The summed E-state index contributed by atoms with van der Waals surface area (Å²) in [6, 6.07) is 23.1. The molecule has 6 rings (SSSR count). The maximum atomic E-state index is 13.5. The van der Waals surface area contributed by atoms with Gasteiger partial charge in [-0.2, -0.15) is 0 Å². The van der Waals surface area contributed by atoms with E-state index in [0.717, 1.165) is 34.4 Å². The molecule has 4 aromatic rings. The molecule has 2 aliphatic rings. The minimum atomic E-state index is -0.389. The summed E-state index contributed by atoms with van der Waals surface area (Å²) in [7, 11) is 3.39. The maximum Gasteiger partial charge on any atom is 0.337 e. The summed E-state index contributed by atoms with van der Waals surface area (Å²) in [6.45, 7) is 1.52. The smallest absolute Gasteiger partial charge is 0.337 e. The average molecular weight is 523 g/mol. The van der Waals surface area contributed by atoms with E-state index < -0.39 is 0 Å². The van der Waals surface area contributed by atoms with Gasteiger partial charge in [-0.05, 0) is 47.9 Å². The third kappa shape index (κ3) is 4.22. The number of anilines is 1. The lowest BCUT2D eigenvalue weighted by Gasteiger charge is -2.46. The fraction of sp³-hybridized carbons (Fsp3) is 0.258. The second kappa shape index (κ2) is 9.94. The van der Waals surface area contributed by atoms with Gasteiger partial charge in [0.1, 0.15) is 6.17 Å². The fourth-order valence-corrected chi connectivity index (χ4v) is 5.93. The van der Waals surface area contributed by atoms with Crippen LogP contribution in [0.1, 0.15) is 50.1 Å². The minimum Gasteiger partial charge on any atom is -0.465 e. The van der Waals surface area contributed by atoms with E-state index in [-0.39, 0.29) is 23.9 Å². The summed E-state index contributed by atoms with van der Waals surface area (Å²) in [5.41, 5.74) is 6.42. The van der Waals surface area contributed by atoms with E-state index in [2.05, 4.69) is 26.9 Å². The molecule has 3 aromatic carbocycles. The first-order chi connectivity index (χ1) is 19.0. The van der Waals surface area contributed by atoms with Crippen LogP contribution >= 0.6 is 0 Å². The number of methoxy groups -OCH3 is 1. The van der Waals surface area contributed by atoms with Crippen molar-refractivity contribution in [2.24, 2.45) is 0 Å². The Morgan fingerprint density at radius 3 is 2.54 bits per heavy atom.